The number of nitrogens with two attached hydrogens (primary N) is 1. The van der Waals surface area contributed by atoms with Gasteiger partial charge in [0.15, 0.2) is 0 Å². The highest BCUT2D eigenvalue weighted by Gasteiger charge is 2.17. The molecule has 1 aromatic rings. The Morgan fingerprint density at radius 1 is 1.54 bits per heavy atom. The zero-order chi connectivity index (χ0) is 9.26. The minimum Gasteiger partial charge on any atom is -0.381 e. The van der Waals surface area contributed by atoms with Crippen molar-refractivity contribution in [2.45, 2.75) is 18.9 Å². The number of nitrogen functional groups attached to an aromatic ring is 1. The quantitative estimate of drug-likeness (QED) is 0.818. The third-order valence-electron chi connectivity index (χ3n) is 2.32. The molecular weight excluding hydrogens is 234 g/mol. The number of anilines is 1. The van der Waals surface area contributed by atoms with Gasteiger partial charge in [-0.1, -0.05) is 0 Å². The smallest absolute Gasteiger partial charge is 0.201 e. The molecule has 2 N–H and O–H groups in total. The van der Waals surface area contributed by atoms with Crippen LogP contribution in [0.5, 0.6) is 0 Å². The molecular formula is C8H12BrN3O. The zero-order valence-electron chi connectivity index (χ0n) is 7.24. The number of rotatable bonds is 1. The van der Waals surface area contributed by atoms with E-state index < -0.39 is 0 Å². The Morgan fingerprint density at radius 3 is 2.77 bits per heavy atom. The van der Waals surface area contributed by atoms with Crippen molar-refractivity contribution in [3.05, 3.63) is 10.8 Å². The first-order chi connectivity index (χ1) is 6.27. The largest absolute Gasteiger partial charge is 0.381 e. The summed E-state index contributed by atoms with van der Waals surface area (Å²) in [6.45, 7) is 1.64. The van der Waals surface area contributed by atoms with Gasteiger partial charge in [0.1, 0.15) is 4.60 Å². The van der Waals surface area contributed by atoms with Crippen molar-refractivity contribution in [1.82, 2.24) is 9.55 Å². The maximum Gasteiger partial charge on any atom is 0.201 e. The lowest BCUT2D eigenvalue weighted by atomic mass is 10.1. The van der Waals surface area contributed by atoms with Gasteiger partial charge in [0.25, 0.3) is 0 Å². The van der Waals surface area contributed by atoms with Gasteiger partial charge in [-0.3, -0.25) is 0 Å². The van der Waals surface area contributed by atoms with Crippen LogP contribution in [0.4, 0.5) is 5.95 Å². The van der Waals surface area contributed by atoms with E-state index in [1.165, 1.54) is 0 Å². The maximum atomic E-state index is 5.75. The summed E-state index contributed by atoms with van der Waals surface area (Å²) >= 11 is 3.31. The van der Waals surface area contributed by atoms with Crippen molar-refractivity contribution >= 4 is 21.9 Å². The monoisotopic (exact) mass is 245 g/mol. The minimum absolute atomic E-state index is 0.451. The summed E-state index contributed by atoms with van der Waals surface area (Å²) in [5.74, 6) is 0.582. The van der Waals surface area contributed by atoms with Gasteiger partial charge in [-0.05, 0) is 28.8 Å². The number of hydrogen-bond donors (Lipinski definition) is 1. The molecule has 0 atom stereocenters. The number of hydrogen-bond acceptors (Lipinski definition) is 3. The molecule has 0 radical (unpaired) electrons. The van der Waals surface area contributed by atoms with Gasteiger partial charge in [0, 0.05) is 25.5 Å². The number of ether oxygens (including phenoxy) is 1. The van der Waals surface area contributed by atoms with Gasteiger partial charge in [0.2, 0.25) is 5.95 Å². The fourth-order valence-electron chi connectivity index (χ4n) is 1.63. The first kappa shape index (κ1) is 9.02. The summed E-state index contributed by atoms with van der Waals surface area (Å²) in [5, 5.41) is 0. The van der Waals surface area contributed by atoms with E-state index in [1.807, 2.05) is 10.8 Å². The molecule has 13 heavy (non-hydrogen) atoms. The number of nitrogens with zero attached hydrogens (tertiary/aromatic N) is 2. The summed E-state index contributed by atoms with van der Waals surface area (Å²) in [4.78, 5) is 4.10. The molecule has 0 aliphatic carbocycles. The molecule has 0 unspecified atom stereocenters. The van der Waals surface area contributed by atoms with Crippen LogP contribution >= 0.6 is 15.9 Å². The molecule has 1 aromatic heterocycles. The van der Waals surface area contributed by atoms with Gasteiger partial charge in [-0.25, -0.2) is 4.98 Å². The Bertz CT molecular complexity index is 294. The molecule has 4 nitrogen and oxygen atoms in total. The lowest BCUT2D eigenvalue weighted by Crippen LogP contribution is -2.20. The van der Waals surface area contributed by atoms with Gasteiger partial charge >= 0.3 is 0 Å². The highest BCUT2D eigenvalue weighted by atomic mass is 79.9. The fourth-order valence-corrected chi connectivity index (χ4v) is 2.03. The molecule has 0 saturated carbocycles. The lowest BCUT2D eigenvalue weighted by molar-refractivity contribution is 0.0701. The SMILES string of the molecule is Nc1nc(Br)cn1C1CCOCC1. The zero-order valence-corrected chi connectivity index (χ0v) is 8.83. The van der Waals surface area contributed by atoms with E-state index in [1.54, 1.807) is 0 Å². The predicted octanol–water partition coefficient (Wildman–Crippen LogP) is 1.58. The van der Waals surface area contributed by atoms with E-state index in [-0.39, 0.29) is 0 Å². The minimum atomic E-state index is 0.451. The third kappa shape index (κ3) is 1.86. The second kappa shape index (κ2) is 3.67. The van der Waals surface area contributed by atoms with E-state index >= 15 is 0 Å². The number of aromatic nitrogens is 2. The van der Waals surface area contributed by atoms with Crippen LogP contribution < -0.4 is 5.73 Å². The topological polar surface area (TPSA) is 53.1 Å². The predicted molar refractivity (Wildman–Crippen MR) is 53.4 cm³/mol. The number of imidazole rings is 1. The molecule has 5 heteroatoms. The Hall–Kier alpha value is -0.550. The maximum absolute atomic E-state index is 5.75. The van der Waals surface area contributed by atoms with Crippen molar-refractivity contribution in [3.63, 3.8) is 0 Å². The lowest BCUT2D eigenvalue weighted by Gasteiger charge is -2.23. The average Bonchev–Trinajstić information content (AvgIpc) is 2.47. The molecule has 72 valence electrons. The molecule has 0 spiro atoms. The van der Waals surface area contributed by atoms with Crippen molar-refractivity contribution in [2.75, 3.05) is 18.9 Å². The Balaban J connectivity index is 2.18. The van der Waals surface area contributed by atoms with E-state index in [9.17, 15) is 0 Å². The molecule has 1 saturated heterocycles. The van der Waals surface area contributed by atoms with Crippen molar-refractivity contribution in [2.24, 2.45) is 0 Å². The molecule has 2 heterocycles. The standard InChI is InChI=1S/C8H12BrN3O/c9-7-5-12(8(10)11-7)6-1-3-13-4-2-6/h5-6H,1-4H2,(H2,10,11). The van der Waals surface area contributed by atoms with Crippen molar-refractivity contribution in [1.29, 1.82) is 0 Å². The Labute approximate surface area is 85.2 Å². The van der Waals surface area contributed by atoms with Crippen molar-refractivity contribution in [3.8, 4) is 0 Å². The van der Waals surface area contributed by atoms with E-state index in [0.29, 0.717) is 12.0 Å². The highest BCUT2D eigenvalue weighted by Crippen LogP contribution is 2.25. The van der Waals surface area contributed by atoms with Crippen LogP contribution in [0, 0.1) is 0 Å². The molecule has 0 amide bonds. The fraction of sp³-hybridized carbons (Fsp3) is 0.625. The Kier molecular flexibility index (Phi) is 2.55. The molecule has 1 aliphatic heterocycles. The van der Waals surface area contributed by atoms with Crippen LogP contribution in [-0.2, 0) is 4.74 Å². The Morgan fingerprint density at radius 2 is 2.23 bits per heavy atom. The van der Waals surface area contributed by atoms with Gasteiger partial charge < -0.3 is 15.0 Å². The third-order valence-corrected chi connectivity index (χ3v) is 2.70. The molecule has 1 fully saturated rings. The van der Waals surface area contributed by atoms with Crippen LogP contribution in [0.2, 0.25) is 0 Å². The summed E-state index contributed by atoms with van der Waals surface area (Å²) in [6.07, 6.45) is 3.98. The van der Waals surface area contributed by atoms with Gasteiger partial charge in [-0.15, -0.1) is 0 Å². The average molecular weight is 246 g/mol. The highest BCUT2D eigenvalue weighted by molar-refractivity contribution is 9.10. The first-order valence-electron chi connectivity index (χ1n) is 4.35. The summed E-state index contributed by atoms with van der Waals surface area (Å²) in [7, 11) is 0. The van der Waals surface area contributed by atoms with E-state index in [2.05, 4.69) is 20.9 Å². The van der Waals surface area contributed by atoms with Crippen LogP contribution in [0.15, 0.2) is 10.8 Å². The number of halogens is 1. The van der Waals surface area contributed by atoms with E-state index in [4.69, 9.17) is 10.5 Å². The summed E-state index contributed by atoms with van der Waals surface area (Å²) in [6, 6.07) is 0.451. The first-order valence-corrected chi connectivity index (χ1v) is 5.14. The van der Waals surface area contributed by atoms with Crippen LogP contribution in [0.3, 0.4) is 0 Å². The van der Waals surface area contributed by atoms with Crippen LogP contribution in [0.1, 0.15) is 18.9 Å². The summed E-state index contributed by atoms with van der Waals surface area (Å²) < 4.78 is 8.10. The molecule has 2 rings (SSSR count). The van der Waals surface area contributed by atoms with Gasteiger partial charge in [0.05, 0.1) is 0 Å². The molecule has 1 aliphatic rings. The molecule has 0 bridgehead atoms. The van der Waals surface area contributed by atoms with Crippen molar-refractivity contribution < 1.29 is 4.74 Å². The van der Waals surface area contributed by atoms with Gasteiger partial charge in [-0.2, -0.15) is 0 Å². The molecule has 0 aromatic carbocycles. The second-order valence-electron chi connectivity index (χ2n) is 3.17. The second-order valence-corrected chi connectivity index (χ2v) is 3.99. The van der Waals surface area contributed by atoms with Crippen LogP contribution in [0.25, 0.3) is 0 Å². The summed E-state index contributed by atoms with van der Waals surface area (Å²) in [5.41, 5.74) is 5.75. The normalized spacial score (nSPS) is 19.2. The van der Waals surface area contributed by atoms with Crippen LogP contribution in [-0.4, -0.2) is 22.8 Å². The van der Waals surface area contributed by atoms with E-state index in [0.717, 1.165) is 30.7 Å².